The lowest BCUT2D eigenvalue weighted by molar-refractivity contribution is 1.21. The van der Waals surface area contributed by atoms with E-state index in [1.165, 1.54) is 0 Å². The van der Waals surface area contributed by atoms with Crippen LogP contribution in [0.4, 0.5) is 11.4 Å². The van der Waals surface area contributed by atoms with E-state index >= 15 is 0 Å². The van der Waals surface area contributed by atoms with Crippen LogP contribution in [-0.2, 0) is 0 Å². The molecule has 0 bridgehead atoms. The van der Waals surface area contributed by atoms with Crippen molar-refractivity contribution in [1.29, 1.82) is 10.5 Å². The molecule has 18 heavy (non-hydrogen) atoms. The van der Waals surface area contributed by atoms with Gasteiger partial charge in [-0.05, 0) is 24.3 Å². The van der Waals surface area contributed by atoms with Gasteiger partial charge >= 0.3 is 0 Å². The van der Waals surface area contributed by atoms with Gasteiger partial charge in [0.25, 0.3) is 0 Å². The number of benzene rings is 2. The van der Waals surface area contributed by atoms with E-state index in [0.29, 0.717) is 22.5 Å². The molecule has 4 nitrogen and oxygen atoms in total. The molecule has 0 atom stereocenters. The highest BCUT2D eigenvalue weighted by Gasteiger charge is 2.01. The Morgan fingerprint density at radius 1 is 0.667 bits per heavy atom. The maximum absolute atomic E-state index is 8.91. The first kappa shape index (κ1) is 11.5. The number of rotatable bonds is 2. The van der Waals surface area contributed by atoms with Crippen LogP contribution in [0.5, 0.6) is 0 Å². The molecule has 0 spiro atoms. The topological polar surface area (TPSA) is 72.3 Å². The van der Waals surface area contributed by atoms with Crippen LogP contribution in [0.3, 0.4) is 0 Å². The average Bonchev–Trinajstić information content (AvgIpc) is 2.45. The number of hydrogen-bond acceptors (Lipinski definition) is 4. The van der Waals surface area contributed by atoms with E-state index in [2.05, 4.69) is 10.2 Å². The highest BCUT2D eigenvalue weighted by molar-refractivity contribution is 5.55. The van der Waals surface area contributed by atoms with Crippen LogP contribution >= 0.6 is 0 Å². The smallest absolute Gasteiger partial charge is 0.103 e. The summed E-state index contributed by atoms with van der Waals surface area (Å²) in [6, 6.07) is 17.9. The zero-order valence-corrected chi connectivity index (χ0v) is 9.41. The Labute approximate surface area is 104 Å². The van der Waals surface area contributed by atoms with Gasteiger partial charge in [0.05, 0.1) is 11.1 Å². The molecule has 2 rings (SSSR count). The van der Waals surface area contributed by atoms with Crippen LogP contribution < -0.4 is 0 Å². The Hall–Kier alpha value is -2.98. The van der Waals surface area contributed by atoms with Gasteiger partial charge in [-0.15, -0.1) is 10.2 Å². The minimum absolute atomic E-state index is 0.454. The van der Waals surface area contributed by atoms with Gasteiger partial charge in [-0.2, -0.15) is 10.5 Å². The van der Waals surface area contributed by atoms with E-state index in [1.807, 2.05) is 12.1 Å². The van der Waals surface area contributed by atoms with Crippen LogP contribution in [0.25, 0.3) is 0 Å². The summed E-state index contributed by atoms with van der Waals surface area (Å²) in [5.74, 6) is 0. The van der Waals surface area contributed by atoms with E-state index < -0.39 is 0 Å². The van der Waals surface area contributed by atoms with E-state index in [1.54, 1.807) is 48.5 Å². The van der Waals surface area contributed by atoms with Gasteiger partial charge in [-0.25, -0.2) is 0 Å². The molecule has 0 heterocycles. The highest BCUT2D eigenvalue weighted by Crippen LogP contribution is 2.23. The second-order valence-corrected chi connectivity index (χ2v) is 3.46. The second kappa shape index (κ2) is 5.38. The fourth-order valence-corrected chi connectivity index (χ4v) is 1.42. The Morgan fingerprint density at radius 3 is 1.44 bits per heavy atom. The van der Waals surface area contributed by atoms with Gasteiger partial charge < -0.3 is 0 Å². The summed E-state index contributed by atoms with van der Waals surface area (Å²) in [7, 11) is 0. The molecular weight excluding hydrogens is 224 g/mol. The van der Waals surface area contributed by atoms with Crippen molar-refractivity contribution in [3.8, 4) is 12.1 Å². The zero-order chi connectivity index (χ0) is 12.8. The lowest BCUT2D eigenvalue weighted by Crippen LogP contribution is -1.75. The lowest BCUT2D eigenvalue weighted by Gasteiger charge is -1.96. The lowest BCUT2D eigenvalue weighted by atomic mass is 10.2. The monoisotopic (exact) mass is 232 g/mol. The van der Waals surface area contributed by atoms with Crippen LogP contribution in [0, 0.1) is 22.7 Å². The van der Waals surface area contributed by atoms with Gasteiger partial charge in [-0.1, -0.05) is 24.3 Å². The molecule has 0 saturated carbocycles. The summed E-state index contributed by atoms with van der Waals surface area (Å²) < 4.78 is 0. The molecule has 0 saturated heterocycles. The van der Waals surface area contributed by atoms with Gasteiger partial charge in [0.1, 0.15) is 23.5 Å². The fourth-order valence-electron chi connectivity index (χ4n) is 1.42. The summed E-state index contributed by atoms with van der Waals surface area (Å²) in [5.41, 5.74) is 1.90. The molecule has 0 amide bonds. The standard InChI is InChI=1S/C14H8N4/c15-9-11-5-1-3-7-13(11)17-18-14-8-4-2-6-12(14)10-16/h1-8H. The molecule has 4 heteroatoms. The van der Waals surface area contributed by atoms with E-state index in [-0.39, 0.29) is 0 Å². The second-order valence-electron chi connectivity index (χ2n) is 3.46. The van der Waals surface area contributed by atoms with Crippen LogP contribution in [-0.4, -0.2) is 0 Å². The SMILES string of the molecule is N#Cc1ccccc1N=Nc1ccccc1C#N. The Bertz CT molecular complexity index is 615. The molecule has 0 radical (unpaired) electrons. The highest BCUT2D eigenvalue weighted by atomic mass is 15.1. The number of azo groups is 1. The Kier molecular flexibility index (Phi) is 3.44. The summed E-state index contributed by atoms with van der Waals surface area (Å²) in [5, 5.41) is 25.8. The molecule has 0 aromatic heterocycles. The number of nitriles is 2. The average molecular weight is 232 g/mol. The van der Waals surface area contributed by atoms with Crippen LogP contribution in [0.15, 0.2) is 58.8 Å². The Morgan fingerprint density at radius 2 is 1.06 bits per heavy atom. The zero-order valence-electron chi connectivity index (χ0n) is 9.41. The molecule has 84 valence electrons. The minimum Gasteiger partial charge on any atom is -0.192 e. The maximum atomic E-state index is 8.91. The van der Waals surface area contributed by atoms with E-state index in [0.717, 1.165) is 0 Å². The van der Waals surface area contributed by atoms with E-state index in [9.17, 15) is 0 Å². The normalized spacial score (nSPS) is 9.89. The summed E-state index contributed by atoms with van der Waals surface area (Å²) >= 11 is 0. The van der Waals surface area contributed by atoms with Crippen molar-refractivity contribution in [3.63, 3.8) is 0 Å². The molecule has 0 aliphatic rings. The van der Waals surface area contributed by atoms with Gasteiger partial charge in [0.2, 0.25) is 0 Å². The molecule has 2 aromatic carbocycles. The van der Waals surface area contributed by atoms with Gasteiger partial charge in [0, 0.05) is 0 Å². The summed E-state index contributed by atoms with van der Waals surface area (Å²) in [4.78, 5) is 0. The molecule has 0 fully saturated rings. The van der Waals surface area contributed by atoms with Crippen molar-refractivity contribution in [3.05, 3.63) is 59.7 Å². The maximum Gasteiger partial charge on any atom is 0.103 e. The van der Waals surface area contributed by atoms with Crippen molar-refractivity contribution in [1.82, 2.24) is 0 Å². The molecule has 2 aromatic rings. The van der Waals surface area contributed by atoms with Crippen LogP contribution in [0.2, 0.25) is 0 Å². The third-order valence-electron chi connectivity index (χ3n) is 2.31. The summed E-state index contributed by atoms with van der Waals surface area (Å²) in [6.45, 7) is 0. The molecule has 0 aliphatic carbocycles. The van der Waals surface area contributed by atoms with Crippen molar-refractivity contribution in [2.24, 2.45) is 10.2 Å². The molecule has 0 aliphatic heterocycles. The fraction of sp³-hybridized carbons (Fsp3) is 0. The number of hydrogen-bond donors (Lipinski definition) is 0. The van der Waals surface area contributed by atoms with Crippen molar-refractivity contribution >= 4 is 11.4 Å². The Balaban J connectivity index is 2.37. The van der Waals surface area contributed by atoms with Crippen molar-refractivity contribution in [2.75, 3.05) is 0 Å². The van der Waals surface area contributed by atoms with Crippen molar-refractivity contribution in [2.45, 2.75) is 0 Å². The number of nitrogens with zero attached hydrogens (tertiary/aromatic N) is 4. The molecule has 0 N–H and O–H groups in total. The predicted molar refractivity (Wildman–Crippen MR) is 66.5 cm³/mol. The first-order valence-electron chi connectivity index (χ1n) is 5.25. The van der Waals surface area contributed by atoms with E-state index in [4.69, 9.17) is 10.5 Å². The van der Waals surface area contributed by atoms with Crippen molar-refractivity contribution < 1.29 is 0 Å². The quantitative estimate of drug-likeness (QED) is 0.737. The van der Waals surface area contributed by atoms with Gasteiger partial charge in [0.15, 0.2) is 0 Å². The minimum atomic E-state index is 0.454. The van der Waals surface area contributed by atoms with Gasteiger partial charge in [-0.3, -0.25) is 0 Å². The van der Waals surface area contributed by atoms with Crippen LogP contribution in [0.1, 0.15) is 11.1 Å². The molecule has 0 unspecified atom stereocenters. The molecular formula is C14H8N4. The summed E-state index contributed by atoms with van der Waals surface area (Å²) in [6.07, 6.45) is 0. The third kappa shape index (κ3) is 2.40. The largest absolute Gasteiger partial charge is 0.192 e. The first-order valence-corrected chi connectivity index (χ1v) is 5.25. The first-order chi connectivity index (χ1) is 8.85. The third-order valence-corrected chi connectivity index (χ3v) is 2.31. The predicted octanol–water partition coefficient (Wildman–Crippen LogP) is 3.85.